The first kappa shape index (κ1) is 19.0. The van der Waals surface area contributed by atoms with Crippen LogP contribution in [0.4, 0.5) is 0 Å². The Labute approximate surface area is 159 Å². The van der Waals surface area contributed by atoms with Gasteiger partial charge < -0.3 is 19.0 Å². The first-order valence-electron chi connectivity index (χ1n) is 8.97. The quantitative estimate of drug-likeness (QED) is 0.592. The molecule has 27 heavy (non-hydrogen) atoms. The van der Waals surface area contributed by atoms with Gasteiger partial charge >= 0.3 is 0 Å². The first-order chi connectivity index (χ1) is 13.2. The van der Waals surface area contributed by atoms with E-state index >= 15 is 0 Å². The minimum atomic E-state index is -0.630. The Balaban J connectivity index is 1.64. The molecular formula is C22H25NO4. The van der Waals surface area contributed by atoms with Gasteiger partial charge in [0.15, 0.2) is 0 Å². The van der Waals surface area contributed by atoms with Crippen LogP contribution in [0.1, 0.15) is 11.3 Å². The SMILES string of the molecule is COc1ccccc1CN(Cc1ccco1)C[C@@H](O)COc1ccccc1. The van der Waals surface area contributed by atoms with Crippen molar-refractivity contribution < 1.29 is 19.0 Å². The van der Waals surface area contributed by atoms with Crippen LogP contribution < -0.4 is 9.47 Å². The number of hydrogen-bond acceptors (Lipinski definition) is 5. The molecule has 0 unspecified atom stereocenters. The van der Waals surface area contributed by atoms with Crippen LogP contribution in [0.5, 0.6) is 11.5 Å². The van der Waals surface area contributed by atoms with Gasteiger partial charge in [-0.1, -0.05) is 36.4 Å². The molecule has 0 spiro atoms. The molecule has 1 aromatic heterocycles. The van der Waals surface area contributed by atoms with E-state index < -0.39 is 6.10 Å². The smallest absolute Gasteiger partial charge is 0.123 e. The normalized spacial score (nSPS) is 12.1. The van der Waals surface area contributed by atoms with Crippen molar-refractivity contribution in [2.45, 2.75) is 19.2 Å². The lowest BCUT2D eigenvalue weighted by molar-refractivity contribution is 0.0602. The zero-order chi connectivity index (χ0) is 18.9. The summed E-state index contributed by atoms with van der Waals surface area (Å²) in [5.41, 5.74) is 1.06. The fraction of sp³-hybridized carbons (Fsp3) is 0.273. The molecule has 2 aromatic carbocycles. The van der Waals surface area contributed by atoms with Crippen molar-refractivity contribution in [3.8, 4) is 11.5 Å². The van der Waals surface area contributed by atoms with Crippen molar-refractivity contribution >= 4 is 0 Å². The lowest BCUT2D eigenvalue weighted by Crippen LogP contribution is -2.35. The summed E-state index contributed by atoms with van der Waals surface area (Å²) in [4.78, 5) is 2.12. The molecule has 1 atom stereocenters. The number of benzene rings is 2. The summed E-state index contributed by atoms with van der Waals surface area (Å²) in [6.45, 7) is 1.90. The van der Waals surface area contributed by atoms with Crippen LogP contribution in [0.2, 0.25) is 0 Å². The molecule has 0 fully saturated rings. The second kappa shape index (κ2) is 9.80. The van der Waals surface area contributed by atoms with Crippen molar-refractivity contribution in [1.82, 2.24) is 4.90 Å². The molecule has 1 N–H and O–H groups in total. The van der Waals surface area contributed by atoms with E-state index in [0.717, 1.165) is 22.8 Å². The monoisotopic (exact) mass is 367 g/mol. The van der Waals surface area contributed by atoms with Crippen molar-refractivity contribution in [2.75, 3.05) is 20.3 Å². The van der Waals surface area contributed by atoms with Gasteiger partial charge in [-0.05, 0) is 30.3 Å². The predicted octanol–water partition coefficient (Wildman–Crippen LogP) is 3.73. The molecule has 0 bridgehead atoms. The number of para-hydroxylation sites is 2. The number of ether oxygens (including phenoxy) is 2. The van der Waals surface area contributed by atoms with E-state index in [4.69, 9.17) is 13.9 Å². The van der Waals surface area contributed by atoms with Crippen molar-refractivity contribution in [2.24, 2.45) is 0 Å². The Morgan fingerprint density at radius 1 is 0.963 bits per heavy atom. The van der Waals surface area contributed by atoms with Crippen LogP contribution >= 0.6 is 0 Å². The number of furan rings is 1. The van der Waals surface area contributed by atoms with Gasteiger partial charge in [0.25, 0.3) is 0 Å². The molecule has 0 radical (unpaired) electrons. The van der Waals surface area contributed by atoms with E-state index in [1.165, 1.54) is 0 Å². The van der Waals surface area contributed by atoms with E-state index in [2.05, 4.69) is 4.90 Å². The summed E-state index contributed by atoms with van der Waals surface area (Å²) in [5.74, 6) is 2.43. The van der Waals surface area contributed by atoms with E-state index in [1.807, 2.05) is 66.7 Å². The molecule has 5 heteroatoms. The van der Waals surface area contributed by atoms with Gasteiger partial charge in [-0.15, -0.1) is 0 Å². The van der Waals surface area contributed by atoms with E-state index in [-0.39, 0.29) is 6.61 Å². The highest BCUT2D eigenvalue weighted by molar-refractivity contribution is 5.33. The van der Waals surface area contributed by atoms with Crippen LogP contribution in [0.15, 0.2) is 77.4 Å². The average molecular weight is 367 g/mol. The fourth-order valence-corrected chi connectivity index (χ4v) is 2.94. The number of nitrogens with zero attached hydrogens (tertiary/aromatic N) is 1. The number of hydrogen-bond donors (Lipinski definition) is 1. The van der Waals surface area contributed by atoms with Crippen LogP contribution in [-0.4, -0.2) is 36.4 Å². The molecule has 0 aliphatic rings. The summed E-state index contributed by atoms with van der Waals surface area (Å²) >= 11 is 0. The van der Waals surface area contributed by atoms with Crippen molar-refractivity contribution in [3.05, 3.63) is 84.3 Å². The Morgan fingerprint density at radius 2 is 1.74 bits per heavy atom. The molecule has 0 saturated heterocycles. The van der Waals surface area contributed by atoms with E-state index in [1.54, 1.807) is 13.4 Å². The minimum absolute atomic E-state index is 0.227. The number of aliphatic hydroxyl groups is 1. The van der Waals surface area contributed by atoms with E-state index in [0.29, 0.717) is 19.6 Å². The fourth-order valence-electron chi connectivity index (χ4n) is 2.94. The van der Waals surface area contributed by atoms with Crippen LogP contribution in [0.3, 0.4) is 0 Å². The topological polar surface area (TPSA) is 55.1 Å². The van der Waals surface area contributed by atoms with Crippen LogP contribution in [0.25, 0.3) is 0 Å². The minimum Gasteiger partial charge on any atom is -0.496 e. The lowest BCUT2D eigenvalue weighted by Gasteiger charge is -2.25. The van der Waals surface area contributed by atoms with Gasteiger partial charge in [0.05, 0.1) is 19.9 Å². The Bertz CT molecular complexity index is 789. The van der Waals surface area contributed by atoms with Gasteiger partial charge in [-0.3, -0.25) is 4.90 Å². The summed E-state index contributed by atoms with van der Waals surface area (Å²) < 4.78 is 16.6. The van der Waals surface area contributed by atoms with Crippen LogP contribution in [0, 0.1) is 0 Å². The highest BCUT2D eigenvalue weighted by atomic mass is 16.5. The van der Waals surface area contributed by atoms with Crippen LogP contribution in [-0.2, 0) is 13.1 Å². The predicted molar refractivity (Wildman–Crippen MR) is 104 cm³/mol. The molecule has 1 heterocycles. The van der Waals surface area contributed by atoms with E-state index in [9.17, 15) is 5.11 Å². The number of rotatable bonds is 10. The third-order valence-corrected chi connectivity index (χ3v) is 4.20. The zero-order valence-corrected chi connectivity index (χ0v) is 15.5. The lowest BCUT2D eigenvalue weighted by atomic mass is 10.1. The maximum atomic E-state index is 10.5. The maximum Gasteiger partial charge on any atom is 0.123 e. The molecule has 142 valence electrons. The maximum absolute atomic E-state index is 10.5. The Kier molecular flexibility index (Phi) is 6.90. The second-order valence-electron chi connectivity index (χ2n) is 6.34. The molecule has 0 amide bonds. The summed E-state index contributed by atoms with van der Waals surface area (Å²) in [5, 5.41) is 10.5. The third kappa shape index (κ3) is 5.88. The third-order valence-electron chi connectivity index (χ3n) is 4.20. The molecule has 0 saturated carbocycles. The van der Waals surface area contributed by atoms with Gasteiger partial charge in [-0.25, -0.2) is 0 Å². The Hall–Kier alpha value is -2.76. The molecule has 5 nitrogen and oxygen atoms in total. The largest absolute Gasteiger partial charge is 0.496 e. The first-order valence-corrected chi connectivity index (χ1v) is 8.97. The summed E-state index contributed by atoms with van der Waals surface area (Å²) in [6, 6.07) is 21.2. The number of aliphatic hydroxyl groups excluding tert-OH is 1. The number of methoxy groups -OCH3 is 1. The molecule has 3 aromatic rings. The highest BCUT2D eigenvalue weighted by Gasteiger charge is 2.16. The van der Waals surface area contributed by atoms with Gasteiger partial charge in [0.2, 0.25) is 0 Å². The standard InChI is InChI=1S/C22H25NO4/c1-25-22-12-6-5-8-18(22)14-23(16-21-11-7-13-26-21)15-19(24)17-27-20-9-3-2-4-10-20/h2-13,19,24H,14-17H2,1H3/t19-/m1/s1. The molecule has 3 rings (SSSR count). The Morgan fingerprint density at radius 3 is 2.48 bits per heavy atom. The zero-order valence-electron chi connectivity index (χ0n) is 15.5. The van der Waals surface area contributed by atoms with Crippen molar-refractivity contribution in [1.29, 1.82) is 0 Å². The molecule has 0 aliphatic heterocycles. The molecular weight excluding hydrogens is 342 g/mol. The second-order valence-corrected chi connectivity index (χ2v) is 6.34. The average Bonchev–Trinajstić information content (AvgIpc) is 3.20. The summed E-state index contributed by atoms with van der Waals surface area (Å²) in [6.07, 6.45) is 1.03. The highest BCUT2D eigenvalue weighted by Crippen LogP contribution is 2.21. The van der Waals surface area contributed by atoms with Gasteiger partial charge in [0.1, 0.15) is 30.0 Å². The van der Waals surface area contributed by atoms with Gasteiger partial charge in [0, 0.05) is 18.7 Å². The summed E-state index contributed by atoms with van der Waals surface area (Å²) in [7, 11) is 1.66. The van der Waals surface area contributed by atoms with Gasteiger partial charge in [-0.2, -0.15) is 0 Å². The molecule has 0 aliphatic carbocycles. The van der Waals surface area contributed by atoms with Crippen molar-refractivity contribution in [3.63, 3.8) is 0 Å².